The first-order chi connectivity index (χ1) is 24.2. The van der Waals surface area contributed by atoms with Crippen molar-refractivity contribution in [3.63, 3.8) is 0 Å². The molecule has 4 amide bonds. The highest BCUT2D eigenvalue weighted by atomic mass is 16.7. The SMILES string of the molecule is C=C1CCC(=C)N1OC(=O)c1ccc(C(=O)NCCOCCOCCNC(=O)CCCC(=O)NCCCCC(C(N)=O)c2ccccc2)cc1. The van der Waals surface area contributed by atoms with Crippen molar-refractivity contribution in [3.8, 4) is 0 Å². The summed E-state index contributed by atoms with van der Waals surface area (Å²) in [6.07, 6.45) is 4.42. The van der Waals surface area contributed by atoms with Crippen LogP contribution in [-0.2, 0) is 28.7 Å². The Bertz CT molecular complexity index is 1430. The third-order valence-corrected chi connectivity index (χ3v) is 7.90. The van der Waals surface area contributed by atoms with Crippen molar-refractivity contribution in [1.29, 1.82) is 0 Å². The van der Waals surface area contributed by atoms with Gasteiger partial charge in [-0.2, -0.15) is 5.06 Å². The van der Waals surface area contributed by atoms with Crippen molar-refractivity contribution in [1.82, 2.24) is 21.0 Å². The predicted molar refractivity (Wildman–Crippen MR) is 187 cm³/mol. The molecule has 1 fully saturated rings. The number of primary amides is 1. The van der Waals surface area contributed by atoms with E-state index in [1.165, 1.54) is 17.2 Å². The van der Waals surface area contributed by atoms with E-state index < -0.39 is 5.97 Å². The van der Waals surface area contributed by atoms with Crippen LogP contribution in [0.3, 0.4) is 0 Å². The number of hydrogen-bond donors (Lipinski definition) is 4. The number of hydrogen-bond acceptors (Lipinski definition) is 9. The topological polar surface area (TPSA) is 178 Å². The molecule has 3 rings (SSSR count). The van der Waals surface area contributed by atoms with Crippen LogP contribution in [0.25, 0.3) is 0 Å². The minimum atomic E-state index is -0.558. The lowest BCUT2D eigenvalue weighted by Crippen LogP contribution is -2.29. The summed E-state index contributed by atoms with van der Waals surface area (Å²) in [4.78, 5) is 66.0. The number of ether oxygens (including phenoxy) is 2. The second-order valence-corrected chi connectivity index (χ2v) is 11.8. The zero-order chi connectivity index (χ0) is 36.1. The standard InChI is InChI=1S/C37H49N5O8/c1-27-14-15-28(2)42(27)50-37(47)31-18-16-30(17-19-31)36(46)41-22-24-49-26-25-48-23-21-40-34(44)13-8-12-33(43)39-20-7-6-11-32(35(38)45)29-9-4-3-5-10-29/h3-5,9-10,16-19,32H,1-2,6-8,11-15,20-26H2,(H2,38,45)(H,39,43)(H,40,44)(H,41,46). The Morgan fingerprint density at radius 3 is 1.86 bits per heavy atom. The Morgan fingerprint density at radius 2 is 1.26 bits per heavy atom. The second kappa shape index (κ2) is 21.9. The average Bonchev–Trinajstić information content (AvgIpc) is 3.42. The number of nitrogens with one attached hydrogen (secondary N) is 3. The van der Waals surface area contributed by atoms with E-state index in [1.54, 1.807) is 12.1 Å². The van der Waals surface area contributed by atoms with Gasteiger partial charge in [0.05, 0.1) is 49.3 Å². The summed E-state index contributed by atoms with van der Waals surface area (Å²) >= 11 is 0. The largest absolute Gasteiger partial charge is 0.377 e. The van der Waals surface area contributed by atoms with Gasteiger partial charge in [-0.15, -0.1) is 0 Å². The van der Waals surface area contributed by atoms with Gasteiger partial charge < -0.3 is 36.0 Å². The third-order valence-electron chi connectivity index (χ3n) is 7.90. The fourth-order valence-corrected chi connectivity index (χ4v) is 5.11. The Labute approximate surface area is 293 Å². The second-order valence-electron chi connectivity index (χ2n) is 11.8. The fourth-order valence-electron chi connectivity index (χ4n) is 5.11. The molecule has 2 aromatic carbocycles. The number of allylic oxidation sites excluding steroid dienone is 2. The maximum absolute atomic E-state index is 12.4. The van der Waals surface area contributed by atoms with Gasteiger partial charge in [-0.3, -0.25) is 19.2 Å². The van der Waals surface area contributed by atoms with E-state index in [-0.39, 0.29) is 49.0 Å². The molecule has 0 saturated carbocycles. The van der Waals surface area contributed by atoms with Crippen LogP contribution in [0.2, 0.25) is 0 Å². The van der Waals surface area contributed by atoms with E-state index in [0.717, 1.165) is 18.4 Å². The lowest BCUT2D eigenvalue weighted by molar-refractivity contribution is -0.123. The Balaban J connectivity index is 1.11. The van der Waals surface area contributed by atoms with Crippen LogP contribution in [-0.4, -0.2) is 80.7 Å². The maximum atomic E-state index is 12.4. The van der Waals surface area contributed by atoms with Gasteiger partial charge in [0.2, 0.25) is 17.7 Å². The Hall–Kier alpha value is -5.01. The minimum absolute atomic E-state index is 0.111. The number of nitrogens with two attached hydrogens (primary N) is 1. The van der Waals surface area contributed by atoms with Gasteiger partial charge in [-0.1, -0.05) is 49.9 Å². The van der Waals surface area contributed by atoms with Crippen LogP contribution in [0.15, 0.2) is 79.1 Å². The normalized spacial score (nSPS) is 13.1. The number of unbranched alkanes of at least 4 members (excludes halogenated alkanes) is 1. The number of rotatable bonds is 23. The molecule has 2 aromatic rings. The van der Waals surface area contributed by atoms with Crippen LogP contribution in [0.1, 0.15) is 83.6 Å². The molecule has 13 heteroatoms. The smallest absolute Gasteiger partial charge is 0.363 e. The highest BCUT2D eigenvalue weighted by Gasteiger charge is 2.24. The zero-order valence-electron chi connectivity index (χ0n) is 28.6. The van der Waals surface area contributed by atoms with E-state index in [4.69, 9.17) is 20.0 Å². The molecule has 13 nitrogen and oxygen atoms in total. The van der Waals surface area contributed by atoms with Crippen LogP contribution in [0.4, 0.5) is 0 Å². The molecule has 1 atom stereocenters. The highest BCUT2D eigenvalue weighted by Crippen LogP contribution is 2.28. The molecule has 0 bridgehead atoms. The van der Waals surface area contributed by atoms with Crippen molar-refractivity contribution in [3.05, 3.63) is 95.8 Å². The number of carbonyl (C=O) groups excluding carboxylic acids is 5. The molecule has 1 saturated heterocycles. The summed E-state index contributed by atoms with van der Waals surface area (Å²) in [6.45, 7) is 10.1. The molecule has 50 heavy (non-hydrogen) atoms. The quantitative estimate of drug-likeness (QED) is 0.127. The summed E-state index contributed by atoms with van der Waals surface area (Å²) in [6, 6.07) is 15.6. The molecule has 1 aliphatic rings. The van der Waals surface area contributed by atoms with E-state index in [2.05, 4.69) is 29.1 Å². The number of nitrogens with zero attached hydrogens (tertiary/aromatic N) is 1. The third kappa shape index (κ3) is 14.2. The molecule has 0 radical (unpaired) electrons. The van der Waals surface area contributed by atoms with Gasteiger partial charge >= 0.3 is 5.97 Å². The van der Waals surface area contributed by atoms with E-state index in [9.17, 15) is 24.0 Å². The predicted octanol–water partition coefficient (Wildman–Crippen LogP) is 3.49. The molecule has 0 aliphatic carbocycles. The first-order valence-electron chi connectivity index (χ1n) is 16.9. The van der Waals surface area contributed by atoms with Crippen LogP contribution >= 0.6 is 0 Å². The van der Waals surface area contributed by atoms with Crippen molar-refractivity contribution in [2.45, 2.75) is 57.3 Å². The summed E-state index contributed by atoms with van der Waals surface area (Å²) < 4.78 is 10.9. The molecule has 270 valence electrons. The first-order valence-corrected chi connectivity index (χ1v) is 16.9. The van der Waals surface area contributed by atoms with Gasteiger partial charge in [0.25, 0.3) is 5.91 Å². The maximum Gasteiger partial charge on any atom is 0.363 e. The molecule has 0 spiro atoms. The monoisotopic (exact) mass is 691 g/mol. The zero-order valence-corrected chi connectivity index (χ0v) is 28.6. The fraction of sp³-hybridized carbons (Fsp3) is 0.432. The average molecular weight is 692 g/mol. The lowest BCUT2D eigenvalue weighted by Gasteiger charge is -2.19. The molecule has 0 aromatic heterocycles. The first kappa shape index (κ1) is 39.4. The molecule has 5 N–H and O–H groups in total. The molecular weight excluding hydrogens is 642 g/mol. The van der Waals surface area contributed by atoms with Crippen LogP contribution in [0, 0.1) is 0 Å². The number of benzene rings is 2. The van der Waals surface area contributed by atoms with Gasteiger partial charge in [0, 0.05) is 38.0 Å². The summed E-state index contributed by atoms with van der Waals surface area (Å²) in [5.41, 5.74) is 8.50. The Morgan fingerprint density at radius 1 is 0.700 bits per heavy atom. The van der Waals surface area contributed by atoms with Crippen LogP contribution in [0.5, 0.6) is 0 Å². The van der Waals surface area contributed by atoms with E-state index in [0.29, 0.717) is 87.7 Å². The van der Waals surface area contributed by atoms with E-state index >= 15 is 0 Å². The van der Waals surface area contributed by atoms with Crippen molar-refractivity contribution < 1.29 is 38.3 Å². The minimum Gasteiger partial charge on any atom is -0.377 e. The molecule has 1 unspecified atom stereocenters. The highest BCUT2D eigenvalue weighted by molar-refractivity contribution is 5.96. The van der Waals surface area contributed by atoms with Crippen molar-refractivity contribution in [2.24, 2.45) is 5.73 Å². The summed E-state index contributed by atoms with van der Waals surface area (Å²) in [5, 5.41) is 9.72. The lowest BCUT2D eigenvalue weighted by atomic mass is 9.93. The van der Waals surface area contributed by atoms with Gasteiger partial charge in [0.15, 0.2) is 0 Å². The van der Waals surface area contributed by atoms with E-state index in [1.807, 2.05) is 30.3 Å². The molecule has 1 heterocycles. The summed E-state index contributed by atoms with van der Waals surface area (Å²) in [5.74, 6) is -1.80. The van der Waals surface area contributed by atoms with Gasteiger partial charge in [0.1, 0.15) is 0 Å². The van der Waals surface area contributed by atoms with Crippen molar-refractivity contribution >= 4 is 29.6 Å². The number of carbonyl (C=O) groups is 5. The van der Waals surface area contributed by atoms with Crippen LogP contribution < -0.4 is 21.7 Å². The molecule has 1 aliphatic heterocycles. The van der Waals surface area contributed by atoms with Gasteiger partial charge in [-0.25, -0.2) is 4.79 Å². The molecular formula is C37H49N5O8. The van der Waals surface area contributed by atoms with Gasteiger partial charge in [-0.05, 0) is 61.9 Å². The number of amides is 4. The summed E-state index contributed by atoms with van der Waals surface area (Å²) in [7, 11) is 0. The number of hydroxylamine groups is 2. The Kier molecular flexibility index (Phi) is 17.2. The van der Waals surface area contributed by atoms with Crippen molar-refractivity contribution in [2.75, 3.05) is 46.1 Å².